The molecule has 0 aromatic carbocycles. The molecule has 0 spiro atoms. The predicted molar refractivity (Wildman–Crippen MR) is 65.0 cm³/mol. The molecule has 1 saturated heterocycles. The maximum absolute atomic E-state index is 5.75. The average Bonchev–Trinajstić information content (AvgIpc) is 2.64. The van der Waals surface area contributed by atoms with Crippen molar-refractivity contribution < 1.29 is 4.74 Å². The second-order valence-corrected chi connectivity index (χ2v) is 4.60. The van der Waals surface area contributed by atoms with E-state index in [1.807, 2.05) is 0 Å². The summed E-state index contributed by atoms with van der Waals surface area (Å²) in [6.45, 7) is 10.7. The van der Waals surface area contributed by atoms with Crippen LogP contribution in [-0.2, 0) is 4.74 Å². The lowest BCUT2D eigenvalue weighted by molar-refractivity contribution is 0.0819. The summed E-state index contributed by atoms with van der Waals surface area (Å²) in [6, 6.07) is 0.493. The Morgan fingerprint density at radius 1 is 1.47 bits per heavy atom. The molecule has 88 valence electrons. The summed E-state index contributed by atoms with van der Waals surface area (Å²) in [5.41, 5.74) is 1.39. The van der Waals surface area contributed by atoms with Crippen molar-refractivity contribution in [1.29, 1.82) is 0 Å². The second kappa shape index (κ2) is 6.29. The molecular formula is C13H25NO. The fourth-order valence-electron chi connectivity index (χ4n) is 2.43. The summed E-state index contributed by atoms with van der Waals surface area (Å²) < 4.78 is 5.75. The number of likely N-dealkylation sites (N-methyl/N-ethyl adjacent to an activating group) is 1. The van der Waals surface area contributed by atoms with Gasteiger partial charge in [-0.3, -0.25) is 0 Å². The Kier molecular flexibility index (Phi) is 5.34. The average molecular weight is 211 g/mol. The highest BCUT2D eigenvalue weighted by atomic mass is 16.5. The van der Waals surface area contributed by atoms with Gasteiger partial charge in [-0.1, -0.05) is 25.5 Å². The van der Waals surface area contributed by atoms with E-state index in [4.69, 9.17) is 4.74 Å². The highest BCUT2D eigenvalue weighted by Crippen LogP contribution is 2.27. The topological polar surface area (TPSA) is 21.3 Å². The van der Waals surface area contributed by atoms with Crippen molar-refractivity contribution in [2.45, 2.75) is 52.7 Å². The van der Waals surface area contributed by atoms with Gasteiger partial charge in [0.05, 0.1) is 6.10 Å². The van der Waals surface area contributed by atoms with E-state index in [-0.39, 0.29) is 0 Å². The summed E-state index contributed by atoms with van der Waals surface area (Å²) in [4.78, 5) is 0. The molecule has 1 rings (SSSR count). The number of allylic oxidation sites excluding steroid dienone is 1. The van der Waals surface area contributed by atoms with Gasteiger partial charge in [0, 0.05) is 18.6 Å². The van der Waals surface area contributed by atoms with Crippen LogP contribution < -0.4 is 5.32 Å². The summed E-state index contributed by atoms with van der Waals surface area (Å²) in [5, 5.41) is 3.56. The van der Waals surface area contributed by atoms with Crippen molar-refractivity contribution in [1.82, 2.24) is 5.32 Å². The molecule has 1 aliphatic rings. The van der Waals surface area contributed by atoms with Crippen LogP contribution in [0.4, 0.5) is 0 Å². The van der Waals surface area contributed by atoms with Crippen molar-refractivity contribution in [3.05, 3.63) is 11.6 Å². The third-order valence-corrected chi connectivity index (χ3v) is 3.08. The third-order valence-electron chi connectivity index (χ3n) is 3.08. The highest BCUT2D eigenvalue weighted by Gasteiger charge is 2.31. The van der Waals surface area contributed by atoms with Gasteiger partial charge in [-0.05, 0) is 33.2 Å². The quantitative estimate of drug-likeness (QED) is 0.706. The molecule has 2 nitrogen and oxygen atoms in total. The van der Waals surface area contributed by atoms with E-state index in [2.05, 4.69) is 39.1 Å². The molecular weight excluding hydrogens is 186 g/mol. The normalized spacial score (nSPS) is 27.7. The molecule has 0 bridgehead atoms. The molecule has 3 unspecified atom stereocenters. The van der Waals surface area contributed by atoms with Crippen LogP contribution >= 0.6 is 0 Å². The lowest BCUT2D eigenvalue weighted by Crippen LogP contribution is -2.38. The fraction of sp³-hybridized carbons (Fsp3) is 0.846. The summed E-state index contributed by atoms with van der Waals surface area (Å²) >= 11 is 0. The third kappa shape index (κ3) is 3.62. The number of hydrogen-bond donors (Lipinski definition) is 1. The minimum atomic E-state index is 0.449. The number of hydrogen-bond acceptors (Lipinski definition) is 2. The molecule has 1 aliphatic heterocycles. The Morgan fingerprint density at radius 2 is 2.20 bits per heavy atom. The van der Waals surface area contributed by atoms with Gasteiger partial charge in [0.1, 0.15) is 0 Å². The van der Waals surface area contributed by atoms with Gasteiger partial charge in [-0.25, -0.2) is 0 Å². The van der Waals surface area contributed by atoms with Crippen LogP contribution in [-0.4, -0.2) is 25.3 Å². The van der Waals surface area contributed by atoms with E-state index in [1.54, 1.807) is 0 Å². The molecule has 0 aromatic rings. The Hall–Kier alpha value is -0.340. The van der Waals surface area contributed by atoms with Crippen LogP contribution in [0.15, 0.2) is 11.6 Å². The van der Waals surface area contributed by atoms with Crippen LogP contribution in [0.3, 0.4) is 0 Å². The van der Waals surface area contributed by atoms with Crippen molar-refractivity contribution >= 4 is 0 Å². The molecule has 1 N–H and O–H groups in total. The van der Waals surface area contributed by atoms with E-state index in [0.29, 0.717) is 18.1 Å². The molecule has 0 aromatic heterocycles. The molecule has 0 saturated carbocycles. The van der Waals surface area contributed by atoms with Crippen molar-refractivity contribution in [3.8, 4) is 0 Å². The first-order chi connectivity index (χ1) is 7.19. The first-order valence-corrected chi connectivity index (χ1v) is 6.19. The van der Waals surface area contributed by atoms with Crippen molar-refractivity contribution in [2.24, 2.45) is 5.92 Å². The minimum absolute atomic E-state index is 0.449. The molecule has 0 radical (unpaired) electrons. The van der Waals surface area contributed by atoms with Gasteiger partial charge in [0.25, 0.3) is 0 Å². The van der Waals surface area contributed by atoms with E-state index >= 15 is 0 Å². The van der Waals surface area contributed by atoms with E-state index in [9.17, 15) is 0 Å². The van der Waals surface area contributed by atoms with Crippen molar-refractivity contribution in [2.75, 3.05) is 13.2 Å². The highest BCUT2D eigenvalue weighted by molar-refractivity contribution is 5.05. The molecule has 1 heterocycles. The summed E-state index contributed by atoms with van der Waals surface area (Å²) in [5.74, 6) is 0.657. The first-order valence-electron chi connectivity index (χ1n) is 6.19. The Bertz CT molecular complexity index is 209. The van der Waals surface area contributed by atoms with Gasteiger partial charge in [-0.15, -0.1) is 0 Å². The maximum atomic E-state index is 5.75. The van der Waals surface area contributed by atoms with Crippen LogP contribution in [0, 0.1) is 5.92 Å². The van der Waals surface area contributed by atoms with Crippen LogP contribution in [0.25, 0.3) is 0 Å². The van der Waals surface area contributed by atoms with Crippen molar-refractivity contribution in [3.63, 3.8) is 0 Å². The molecule has 15 heavy (non-hydrogen) atoms. The Labute approximate surface area is 94.1 Å². The van der Waals surface area contributed by atoms with Gasteiger partial charge < -0.3 is 10.1 Å². The SMILES string of the molecule is CCNC(C=C(C)C)C1CCOC1CC. The zero-order valence-corrected chi connectivity index (χ0v) is 10.5. The molecule has 0 aliphatic carbocycles. The second-order valence-electron chi connectivity index (χ2n) is 4.60. The minimum Gasteiger partial charge on any atom is -0.378 e. The monoisotopic (exact) mass is 211 g/mol. The summed E-state index contributed by atoms with van der Waals surface area (Å²) in [6.07, 6.45) is 5.12. The smallest absolute Gasteiger partial charge is 0.0619 e. The van der Waals surface area contributed by atoms with Gasteiger partial charge in [0.2, 0.25) is 0 Å². The lowest BCUT2D eigenvalue weighted by Gasteiger charge is -2.25. The van der Waals surface area contributed by atoms with Crippen LogP contribution in [0.1, 0.15) is 40.5 Å². The maximum Gasteiger partial charge on any atom is 0.0619 e. The Morgan fingerprint density at radius 3 is 2.73 bits per heavy atom. The largest absolute Gasteiger partial charge is 0.378 e. The number of rotatable bonds is 5. The predicted octanol–water partition coefficient (Wildman–Crippen LogP) is 2.75. The van der Waals surface area contributed by atoms with E-state index in [1.165, 1.54) is 12.0 Å². The fourth-order valence-corrected chi connectivity index (χ4v) is 2.43. The summed E-state index contributed by atoms with van der Waals surface area (Å²) in [7, 11) is 0. The lowest BCUT2D eigenvalue weighted by atomic mass is 9.90. The zero-order valence-electron chi connectivity index (χ0n) is 10.5. The molecule has 3 atom stereocenters. The molecule has 1 fully saturated rings. The van der Waals surface area contributed by atoms with Gasteiger partial charge in [-0.2, -0.15) is 0 Å². The Balaban J connectivity index is 2.65. The van der Waals surface area contributed by atoms with Crippen LogP contribution in [0.5, 0.6) is 0 Å². The standard InChI is InChI=1S/C13H25NO/c1-5-13-11(7-8-15-13)12(14-6-2)9-10(3)4/h9,11-14H,5-8H2,1-4H3. The molecule has 2 heteroatoms. The zero-order chi connectivity index (χ0) is 11.3. The first kappa shape index (κ1) is 12.7. The van der Waals surface area contributed by atoms with Crippen LogP contribution in [0.2, 0.25) is 0 Å². The number of ether oxygens (including phenoxy) is 1. The molecule has 0 amide bonds. The van der Waals surface area contributed by atoms with Gasteiger partial charge in [0.15, 0.2) is 0 Å². The van der Waals surface area contributed by atoms with E-state index < -0.39 is 0 Å². The van der Waals surface area contributed by atoms with Gasteiger partial charge >= 0.3 is 0 Å². The van der Waals surface area contributed by atoms with E-state index in [0.717, 1.165) is 19.6 Å². The number of nitrogens with one attached hydrogen (secondary N) is 1.